The van der Waals surface area contributed by atoms with Crippen LogP contribution in [-0.4, -0.2) is 27.9 Å². The number of hydrogen-bond donors (Lipinski definition) is 2. The fraction of sp³-hybridized carbons (Fsp3) is 0.200. The lowest BCUT2D eigenvalue weighted by molar-refractivity contribution is -0.120. The van der Waals surface area contributed by atoms with Gasteiger partial charge in [0.25, 0.3) is 0 Å². The third-order valence-corrected chi connectivity index (χ3v) is 5.94. The Balaban J connectivity index is 1.78. The Labute approximate surface area is 168 Å². The Morgan fingerprint density at radius 3 is 2.75 bits per heavy atom. The van der Waals surface area contributed by atoms with Gasteiger partial charge in [0.1, 0.15) is 11.3 Å². The molecule has 140 valence electrons. The average molecular weight is 438 g/mol. The molecule has 1 aromatic carbocycles. The van der Waals surface area contributed by atoms with Crippen molar-refractivity contribution in [3.63, 3.8) is 0 Å². The van der Waals surface area contributed by atoms with Crippen LogP contribution in [0.15, 0.2) is 45.5 Å². The van der Waals surface area contributed by atoms with E-state index >= 15 is 0 Å². The summed E-state index contributed by atoms with van der Waals surface area (Å²) in [5.41, 5.74) is 7.82. The fourth-order valence-corrected chi connectivity index (χ4v) is 3.99. The molecule has 1 amide bonds. The number of benzene rings is 1. The second kappa shape index (κ2) is 6.00. The van der Waals surface area contributed by atoms with E-state index in [2.05, 4.69) is 36.2 Å². The highest BCUT2D eigenvalue weighted by Gasteiger charge is 2.51. The molecule has 3 aromatic heterocycles. The first-order valence-corrected chi connectivity index (χ1v) is 9.65. The maximum atomic E-state index is 12.0. The summed E-state index contributed by atoms with van der Waals surface area (Å²) in [6.45, 7) is 0. The van der Waals surface area contributed by atoms with Crippen molar-refractivity contribution < 1.29 is 9.21 Å². The van der Waals surface area contributed by atoms with E-state index in [4.69, 9.17) is 10.2 Å². The van der Waals surface area contributed by atoms with E-state index in [9.17, 15) is 4.79 Å². The van der Waals surface area contributed by atoms with E-state index in [1.165, 1.54) is 0 Å². The zero-order valence-electron chi connectivity index (χ0n) is 15.0. The fourth-order valence-electron chi connectivity index (χ4n) is 3.55. The predicted molar refractivity (Wildman–Crippen MR) is 110 cm³/mol. The molecule has 0 unspecified atom stereocenters. The first-order chi connectivity index (χ1) is 13.5. The topological polar surface area (TPSA) is 107 Å². The Hall–Kier alpha value is -3.00. The number of aromatic nitrogens is 3. The minimum Gasteiger partial charge on any atom is -0.435 e. The molecular weight excluding hydrogens is 422 g/mol. The normalized spacial score (nSPS) is 15.1. The van der Waals surface area contributed by atoms with Gasteiger partial charge in [-0.1, -0.05) is 6.07 Å². The first kappa shape index (κ1) is 17.1. The molecule has 7 nitrogen and oxygen atoms in total. The second-order valence-electron chi connectivity index (χ2n) is 6.94. The highest BCUT2D eigenvalue weighted by atomic mass is 79.9. The van der Waals surface area contributed by atoms with Gasteiger partial charge >= 0.3 is 0 Å². The SMILES string of the molecule is CNc1ncc(-c2nc3cccc(Br)c3o2)c2cc(C3(C(N)=O)CC3)ncc12. The lowest BCUT2D eigenvalue weighted by atomic mass is 9.98. The summed E-state index contributed by atoms with van der Waals surface area (Å²) >= 11 is 3.50. The number of hydrogen-bond acceptors (Lipinski definition) is 6. The number of halogens is 1. The molecule has 1 saturated carbocycles. The molecule has 0 saturated heterocycles. The van der Waals surface area contributed by atoms with Gasteiger partial charge in [-0.2, -0.15) is 0 Å². The Morgan fingerprint density at radius 1 is 1.25 bits per heavy atom. The third kappa shape index (κ3) is 2.41. The lowest BCUT2D eigenvalue weighted by Crippen LogP contribution is -2.29. The van der Waals surface area contributed by atoms with Crippen LogP contribution in [0.25, 0.3) is 33.3 Å². The molecule has 28 heavy (non-hydrogen) atoms. The maximum Gasteiger partial charge on any atom is 0.229 e. The monoisotopic (exact) mass is 437 g/mol. The molecule has 4 aromatic rings. The zero-order chi connectivity index (χ0) is 19.5. The molecule has 0 bridgehead atoms. The highest BCUT2D eigenvalue weighted by Crippen LogP contribution is 2.48. The van der Waals surface area contributed by atoms with Crippen molar-refractivity contribution in [3.05, 3.63) is 46.8 Å². The Kier molecular flexibility index (Phi) is 3.67. The summed E-state index contributed by atoms with van der Waals surface area (Å²) in [6, 6.07) is 7.62. The number of oxazole rings is 1. The van der Waals surface area contributed by atoms with Crippen LogP contribution in [0.5, 0.6) is 0 Å². The van der Waals surface area contributed by atoms with Gasteiger partial charge in [-0.3, -0.25) is 9.78 Å². The van der Waals surface area contributed by atoms with Gasteiger partial charge in [-0.25, -0.2) is 9.97 Å². The molecule has 3 heterocycles. The molecule has 0 spiro atoms. The zero-order valence-corrected chi connectivity index (χ0v) is 16.6. The Morgan fingerprint density at radius 2 is 2.07 bits per heavy atom. The second-order valence-corrected chi connectivity index (χ2v) is 7.79. The number of fused-ring (bicyclic) bond motifs is 2. The number of para-hydroxylation sites is 1. The van der Waals surface area contributed by atoms with Crippen molar-refractivity contribution in [1.29, 1.82) is 0 Å². The molecule has 8 heteroatoms. The van der Waals surface area contributed by atoms with Gasteiger partial charge in [-0.15, -0.1) is 0 Å². The van der Waals surface area contributed by atoms with Crippen LogP contribution in [0.1, 0.15) is 18.5 Å². The molecule has 0 radical (unpaired) electrons. The van der Waals surface area contributed by atoms with E-state index in [-0.39, 0.29) is 5.91 Å². The van der Waals surface area contributed by atoms with Crippen LogP contribution in [0.4, 0.5) is 5.82 Å². The molecule has 1 aliphatic rings. The molecule has 0 atom stereocenters. The van der Waals surface area contributed by atoms with Gasteiger partial charge in [0.2, 0.25) is 11.8 Å². The minimum atomic E-state index is -0.668. The summed E-state index contributed by atoms with van der Waals surface area (Å²) in [7, 11) is 1.80. The minimum absolute atomic E-state index is 0.338. The highest BCUT2D eigenvalue weighted by molar-refractivity contribution is 9.10. The number of pyridine rings is 2. The summed E-state index contributed by atoms with van der Waals surface area (Å²) in [6.07, 6.45) is 4.89. The number of carbonyl (C=O) groups excluding carboxylic acids is 1. The summed E-state index contributed by atoms with van der Waals surface area (Å²) in [5.74, 6) is 0.816. The lowest BCUT2D eigenvalue weighted by Gasteiger charge is -2.13. The van der Waals surface area contributed by atoms with Crippen LogP contribution in [-0.2, 0) is 10.2 Å². The van der Waals surface area contributed by atoms with Crippen molar-refractivity contribution in [2.75, 3.05) is 12.4 Å². The van der Waals surface area contributed by atoms with Crippen LogP contribution in [0.2, 0.25) is 0 Å². The van der Waals surface area contributed by atoms with Gasteiger partial charge in [0.05, 0.1) is 21.1 Å². The third-order valence-electron chi connectivity index (χ3n) is 5.32. The summed E-state index contributed by atoms with van der Waals surface area (Å²) in [4.78, 5) is 25.6. The quantitative estimate of drug-likeness (QED) is 0.503. The molecule has 3 N–H and O–H groups in total. The van der Waals surface area contributed by atoms with Crippen molar-refractivity contribution in [3.8, 4) is 11.5 Å². The number of amides is 1. The van der Waals surface area contributed by atoms with Crippen molar-refractivity contribution in [1.82, 2.24) is 15.0 Å². The number of rotatable bonds is 4. The number of carbonyl (C=O) groups is 1. The summed E-state index contributed by atoms with van der Waals surface area (Å²) < 4.78 is 6.86. The van der Waals surface area contributed by atoms with Gasteiger partial charge in [0.15, 0.2) is 5.58 Å². The van der Waals surface area contributed by atoms with Crippen molar-refractivity contribution in [2.24, 2.45) is 5.73 Å². The van der Waals surface area contributed by atoms with Gasteiger partial charge < -0.3 is 15.5 Å². The molecule has 1 fully saturated rings. The Bertz CT molecular complexity index is 1260. The van der Waals surface area contributed by atoms with Crippen molar-refractivity contribution >= 4 is 49.5 Å². The average Bonchev–Trinajstić information content (AvgIpc) is 3.40. The van der Waals surface area contributed by atoms with Crippen LogP contribution in [0, 0.1) is 0 Å². The number of nitrogens with zero attached hydrogens (tertiary/aromatic N) is 3. The summed E-state index contributed by atoms with van der Waals surface area (Å²) in [5, 5.41) is 4.76. The number of anilines is 1. The predicted octanol–water partition coefficient (Wildman–Crippen LogP) is 3.76. The van der Waals surface area contributed by atoms with E-state index in [1.807, 2.05) is 24.3 Å². The molecule has 1 aliphatic carbocycles. The number of nitrogens with one attached hydrogen (secondary N) is 1. The maximum absolute atomic E-state index is 12.0. The first-order valence-electron chi connectivity index (χ1n) is 8.86. The molecule has 5 rings (SSSR count). The molecule has 0 aliphatic heterocycles. The van der Waals surface area contributed by atoms with Crippen LogP contribution < -0.4 is 11.1 Å². The van der Waals surface area contributed by atoms with Gasteiger partial charge in [-0.05, 0) is 47.0 Å². The smallest absolute Gasteiger partial charge is 0.229 e. The van der Waals surface area contributed by atoms with E-state index in [0.717, 1.165) is 39.2 Å². The van der Waals surface area contributed by atoms with E-state index in [0.29, 0.717) is 23.0 Å². The number of primary amides is 1. The standard InChI is InChI=1S/C20H16BrN5O2/c1-23-17-11-8-24-15(20(5-6-20)19(22)27)7-10(11)12(9-25-17)18-26-14-4-2-3-13(21)16(14)28-18/h2-4,7-9H,5-6H2,1H3,(H2,22,27)(H,23,25). The van der Waals surface area contributed by atoms with Crippen LogP contribution >= 0.6 is 15.9 Å². The van der Waals surface area contributed by atoms with E-state index in [1.54, 1.807) is 19.4 Å². The van der Waals surface area contributed by atoms with Crippen LogP contribution in [0.3, 0.4) is 0 Å². The number of nitrogens with two attached hydrogens (primary N) is 1. The largest absolute Gasteiger partial charge is 0.435 e. The van der Waals surface area contributed by atoms with Crippen molar-refractivity contribution in [2.45, 2.75) is 18.3 Å². The van der Waals surface area contributed by atoms with E-state index < -0.39 is 5.41 Å². The van der Waals surface area contributed by atoms with Gasteiger partial charge in [0, 0.05) is 30.2 Å². The molecular formula is C20H16BrN5O2.